The van der Waals surface area contributed by atoms with Crippen molar-refractivity contribution in [1.82, 2.24) is 4.90 Å². The Bertz CT molecular complexity index is 221. The van der Waals surface area contributed by atoms with Gasteiger partial charge in [0.25, 0.3) is 0 Å². The molecule has 0 aliphatic carbocycles. The molecule has 4 heteroatoms. The van der Waals surface area contributed by atoms with Gasteiger partial charge in [-0.05, 0) is 31.7 Å². The molecular formula is C12H24N2O2. The van der Waals surface area contributed by atoms with Crippen molar-refractivity contribution in [3.8, 4) is 0 Å². The van der Waals surface area contributed by atoms with Crippen LogP contribution in [0.3, 0.4) is 0 Å². The normalized spacial score (nSPS) is 22.4. The van der Waals surface area contributed by atoms with Crippen molar-refractivity contribution < 1.29 is 9.53 Å². The second-order valence-electron chi connectivity index (χ2n) is 4.71. The van der Waals surface area contributed by atoms with E-state index >= 15 is 0 Å². The third-order valence-corrected chi connectivity index (χ3v) is 3.34. The highest BCUT2D eigenvalue weighted by Gasteiger charge is 2.25. The number of rotatable bonds is 6. The van der Waals surface area contributed by atoms with E-state index in [4.69, 9.17) is 10.5 Å². The number of likely N-dealkylation sites (tertiary alicyclic amines) is 1. The summed E-state index contributed by atoms with van der Waals surface area (Å²) in [6.45, 7) is 4.48. The van der Waals surface area contributed by atoms with Crippen molar-refractivity contribution in [2.24, 2.45) is 11.7 Å². The monoisotopic (exact) mass is 228 g/mol. The van der Waals surface area contributed by atoms with Crippen molar-refractivity contribution in [2.75, 3.05) is 26.7 Å². The van der Waals surface area contributed by atoms with Gasteiger partial charge in [-0.15, -0.1) is 0 Å². The molecular weight excluding hydrogens is 204 g/mol. The van der Waals surface area contributed by atoms with Gasteiger partial charge in [0, 0.05) is 26.6 Å². The van der Waals surface area contributed by atoms with Crippen molar-refractivity contribution in [2.45, 2.75) is 38.7 Å². The number of amides is 1. The maximum absolute atomic E-state index is 11.9. The van der Waals surface area contributed by atoms with Crippen LogP contribution in [0.25, 0.3) is 0 Å². The maximum atomic E-state index is 11.9. The zero-order valence-electron chi connectivity index (χ0n) is 10.4. The Morgan fingerprint density at radius 3 is 2.88 bits per heavy atom. The van der Waals surface area contributed by atoms with E-state index in [-0.39, 0.29) is 12.0 Å². The molecule has 0 aromatic rings. The number of hydrogen-bond donors (Lipinski definition) is 1. The molecule has 1 heterocycles. The molecule has 0 aromatic heterocycles. The van der Waals surface area contributed by atoms with Crippen LogP contribution in [0.4, 0.5) is 0 Å². The first-order valence-corrected chi connectivity index (χ1v) is 6.18. The maximum Gasteiger partial charge on any atom is 0.222 e. The van der Waals surface area contributed by atoms with Crippen LogP contribution in [0.2, 0.25) is 0 Å². The Labute approximate surface area is 98.1 Å². The molecule has 0 radical (unpaired) electrons. The van der Waals surface area contributed by atoms with Gasteiger partial charge in [-0.25, -0.2) is 0 Å². The molecule has 94 valence electrons. The van der Waals surface area contributed by atoms with Crippen LogP contribution in [0.1, 0.15) is 32.6 Å². The topological polar surface area (TPSA) is 55.6 Å². The number of carbonyl (C=O) groups excluding carboxylic acids is 1. The molecule has 0 aromatic carbocycles. The number of methoxy groups -OCH3 is 1. The van der Waals surface area contributed by atoms with Gasteiger partial charge in [0.05, 0.1) is 6.10 Å². The Kier molecular flexibility index (Phi) is 5.77. The third-order valence-electron chi connectivity index (χ3n) is 3.34. The average molecular weight is 228 g/mol. The van der Waals surface area contributed by atoms with E-state index in [1.807, 2.05) is 4.90 Å². The molecule has 0 spiro atoms. The molecule has 1 rings (SSSR count). The molecule has 1 fully saturated rings. The van der Waals surface area contributed by atoms with E-state index < -0.39 is 0 Å². The molecule has 1 saturated heterocycles. The predicted octanol–water partition coefficient (Wildman–Crippen LogP) is 0.999. The summed E-state index contributed by atoms with van der Waals surface area (Å²) < 4.78 is 5.25. The van der Waals surface area contributed by atoms with Gasteiger partial charge < -0.3 is 15.4 Å². The van der Waals surface area contributed by atoms with Gasteiger partial charge in [0.2, 0.25) is 5.91 Å². The van der Waals surface area contributed by atoms with Gasteiger partial charge in [0.1, 0.15) is 0 Å². The fraction of sp³-hybridized carbons (Fsp3) is 0.917. The predicted molar refractivity (Wildman–Crippen MR) is 64.1 cm³/mol. The molecule has 2 N–H and O–H groups in total. The highest BCUT2D eigenvalue weighted by molar-refractivity contribution is 5.76. The molecule has 1 aliphatic rings. The summed E-state index contributed by atoms with van der Waals surface area (Å²) >= 11 is 0. The quantitative estimate of drug-likeness (QED) is 0.738. The Balaban J connectivity index is 2.20. The van der Waals surface area contributed by atoms with Crippen molar-refractivity contribution in [1.29, 1.82) is 0 Å². The average Bonchev–Trinajstić information content (AvgIpc) is 2.75. The van der Waals surface area contributed by atoms with E-state index in [0.717, 1.165) is 32.4 Å². The minimum absolute atomic E-state index is 0.241. The number of carbonyl (C=O) groups is 1. The summed E-state index contributed by atoms with van der Waals surface area (Å²) in [7, 11) is 1.71. The van der Waals surface area contributed by atoms with Crippen LogP contribution in [-0.4, -0.2) is 43.7 Å². The standard InChI is InChI=1S/C12H24N2O2/c1-10(5-7-13)3-4-12(15)14-8-6-11(9-14)16-2/h10-11H,3-9,13H2,1-2H3. The number of hydrogen-bond acceptors (Lipinski definition) is 3. The van der Waals surface area contributed by atoms with Crippen molar-refractivity contribution in [3.05, 3.63) is 0 Å². The molecule has 1 amide bonds. The summed E-state index contributed by atoms with van der Waals surface area (Å²) in [6.07, 6.45) is 3.82. The Morgan fingerprint density at radius 1 is 1.56 bits per heavy atom. The smallest absolute Gasteiger partial charge is 0.222 e. The van der Waals surface area contributed by atoms with Gasteiger partial charge in [-0.1, -0.05) is 6.92 Å². The minimum atomic E-state index is 0.241. The highest BCUT2D eigenvalue weighted by atomic mass is 16.5. The second kappa shape index (κ2) is 6.86. The summed E-state index contributed by atoms with van der Waals surface area (Å²) in [5.41, 5.74) is 5.48. The molecule has 2 unspecified atom stereocenters. The molecule has 4 nitrogen and oxygen atoms in total. The first-order valence-electron chi connectivity index (χ1n) is 6.18. The first-order chi connectivity index (χ1) is 7.67. The zero-order valence-corrected chi connectivity index (χ0v) is 10.4. The lowest BCUT2D eigenvalue weighted by atomic mass is 10.0. The zero-order chi connectivity index (χ0) is 12.0. The molecule has 0 bridgehead atoms. The van der Waals surface area contributed by atoms with Crippen LogP contribution in [0.5, 0.6) is 0 Å². The van der Waals surface area contributed by atoms with Crippen LogP contribution in [0, 0.1) is 5.92 Å². The molecule has 16 heavy (non-hydrogen) atoms. The lowest BCUT2D eigenvalue weighted by Crippen LogP contribution is -2.30. The van der Waals surface area contributed by atoms with Gasteiger partial charge in [-0.2, -0.15) is 0 Å². The third kappa shape index (κ3) is 4.10. The van der Waals surface area contributed by atoms with E-state index in [1.165, 1.54) is 0 Å². The number of nitrogens with zero attached hydrogens (tertiary/aromatic N) is 1. The molecule has 1 aliphatic heterocycles. The van der Waals surface area contributed by atoms with Crippen LogP contribution >= 0.6 is 0 Å². The van der Waals surface area contributed by atoms with E-state index in [2.05, 4.69) is 6.92 Å². The summed E-state index contributed by atoms with van der Waals surface area (Å²) in [4.78, 5) is 13.8. The summed E-state index contributed by atoms with van der Waals surface area (Å²) in [5.74, 6) is 0.818. The summed E-state index contributed by atoms with van der Waals surface area (Å²) in [6, 6.07) is 0. The highest BCUT2D eigenvalue weighted by Crippen LogP contribution is 2.16. The van der Waals surface area contributed by atoms with E-state index in [9.17, 15) is 4.79 Å². The molecule has 2 atom stereocenters. The van der Waals surface area contributed by atoms with Crippen LogP contribution in [0.15, 0.2) is 0 Å². The fourth-order valence-electron chi connectivity index (χ4n) is 2.10. The molecule has 0 saturated carbocycles. The van der Waals surface area contributed by atoms with Crippen molar-refractivity contribution in [3.63, 3.8) is 0 Å². The van der Waals surface area contributed by atoms with Gasteiger partial charge in [-0.3, -0.25) is 4.79 Å². The SMILES string of the molecule is COC1CCN(C(=O)CCC(C)CCN)C1. The Morgan fingerprint density at radius 2 is 2.31 bits per heavy atom. The van der Waals surface area contributed by atoms with E-state index in [0.29, 0.717) is 18.9 Å². The van der Waals surface area contributed by atoms with Gasteiger partial charge >= 0.3 is 0 Å². The van der Waals surface area contributed by atoms with E-state index in [1.54, 1.807) is 7.11 Å². The summed E-state index contributed by atoms with van der Waals surface area (Å²) in [5, 5.41) is 0. The number of ether oxygens (including phenoxy) is 1. The van der Waals surface area contributed by atoms with Crippen molar-refractivity contribution >= 4 is 5.91 Å². The number of nitrogens with two attached hydrogens (primary N) is 1. The lowest BCUT2D eigenvalue weighted by Gasteiger charge is -2.17. The second-order valence-corrected chi connectivity index (χ2v) is 4.71. The fourth-order valence-corrected chi connectivity index (χ4v) is 2.10. The van der Waals surface area contributed by atoms with Crippen LogP contribution < -0.4 is 5.73 Å². The van der Waals surface area contributed by atoms with Gasteiger partial charge in [0.15, 0.2) is 0 Å². The lowest BCUT2D eigenvalue weighted by molar-refractivity contribution is -0.130. The largest absolute Gasteiger partial charge is 0.380 e. The Hall–Kier alpha value is -0.610. The van der Waals surface area contributed by atoms with Crippen LogP contribution in [-0.2, 0) is 9.53 Å². The minimum Gasteiger partial charge on any atom is -0.380 e. The first kappa shape index (κ1) is 13.5.